The van der Waals surface area contributed by atoms with Gasteiger partial charge in [0.05, 0.1) is 36.7 Å². The Balaban J connectivity index is 1.32. The average Bonchev–Trinajstić information content (AvgIpc) is 3.52. The Labute approximate surface area is 223 Å². The van der Waals surface area contributed by atoms with Crippen LogP contribution in [0.1, 0.15) is 53.1 Å². The van der Waals surface area contributed by atoms with Crippen LogP contribution in [0.2, 0.25) is 0 Å². The summed E-state index contributed by atoms with van der Waals surface area (Å²) < 4.78 is 80.1. The molecule has 6 rings (SSSR count). The van der Waals surface area contributed by atoms with Crippen molar-refractivity contribution in [1.29, 1.82) is 0 Å². The zero-order valence-electron chi connectivity index (χ0n) is 20.8. The van der Waals surface area contributed by atoms with Gasteiger partial charge in [-0.3, -0.25) is 5.01 Å². The van der Waals surface area contributed by atoms with E-state index in [0.717, 1.165) is 32.1 Å². The largest absolute Gasteiger partial charge is 0.467 e. The van der Waals surface area contributed by atoms with Crippen molar-refractivity contribution in [1.82, 2.24) is 20.1 Å². The van der Waals surface area contributed by atoms with Gasteiger partial charge in [-0.2, -0.15) is 18.3 Å². The fraction of sp³-hybridized carbons (Fsp3) is 0.259. The van der Waals surface area contributed by atoms with Gasteiger partial charge in [0, 0.05) is 11.6 Å². The number of carbonyl (C=O) groups excluding carboxylic acids is 1. The van der Waals surface area contributed by atoms with Crippen LogP contribution in [0.15, 0.2) is 52.1 Å². The molecule has 1 fully saturated rings. The molecule has 8 nitrogen and oxygen atoms in total. The van der Waals surface area contributed by atoms with Crippen LogP contribution in [0, 0.1) is 11.6 Å². The summed E-state index contributed by atoms with van der Waals surface area (Å²) in [5.41, 5.74) is 0.150. The first kappa shape index (κ1) is 25.7. The van der Waals surface area contributed by atoms with Crippen molar-refractivity contribution in [2.45, 2.75) is 37.5 Å². The van der Waals surface area contributed by atoms with Crippen LogP contribution in [-0.2, 0) is 22.3 Å². The summed E-state index contributed by atoms with van der Waals surface area (Å²) in [5, 5.41) is 9.33. The van der Waals surface area contributed by atoms with Gasteiger partial charge in [-0.1, -0.05) is 23.4 Å². The molecule has 1 aliphatic carbocycles. The Kier molecular flexibility index (Phi) is 6.15. The van der Waals surface area contributed by atoms with Gasteiger partial charge in [-0.25, -0.2) is 18.6 Å². The molecule has 2 aromatic heterocycles. The molecule has 3 heterocycles. The van der Waals surface area contributed by atoms with Crippen molar-refractivity contribution < 1.29 is 36.0 Å². The first-order valence-corrected chi connectivity index (χ1v) is 12.2. The van der Waals surface area contributed by atoms with Gasteiger partial charge in [0.15, 0.2) is 17.4 Å². The minimum absolute atomic E-state index is 0.0567. The summed E-state index contributed by atoms with van der Waals surface area (Å²) >= 11 is 0. The van der Waals surface area contributed by atoms with E-state index < -0.39 is 35.4 Å². The molecule has 1 atom stereocenters. The van der Waals surface area contributed by atoms with Crippen molar-refractivity contribution in [3.05, 3.63) is 82.4 Å². The van der Waals surface area contributed by atoms with Crippen LogP contribution in [-0.4, -0.2) is 39.4 Å². The first-order chi connectivity index (χ1) is 19.1. The number of imidazole rings is 1. The van der Waals surface area contributed by atoms with E-state index in [2.05, 4.69) is 20.2 Å². The number of hydrogen-bond acceptors (Lipinski definition) is 7. The SMILES string of the molecule is COC(=O)C(c1cc(-c2ccc(C3CC3)cc2C(F)(F)F)no1)N1Cc2[nH]c(-c3cccc(F)c3F)nc2C=N1. The van der Waals surface area contributed by atoms with Gasteiger partial charge in [0.2, 0.25) is 6.04 Å². The van der Waals surface area contributed by atoms with Crippen molar-refractivity contribution >= 4 is 12.2 Å². The summed E-state index contributed by atoms with van der Waals surface area (Å²) in [7, 11) is 1.14. The number of hydrazone groups is 1. The Hall–Kier alpha value is -4.55. The van der Waals surface area contributed by atoms with Crippen LogP contribution >= 0.6 is 0 Å². The number of methoxy groups -OCH3 is 1. The van der Waals surface area contributed by atoms with E-state index in [1.165, 1.54) is 35.5 Å². The zero-order chi connectivity index (χ0) is 28.2. The van der Waals surface area contributed by atoms with Gasteiger partial charge in [0.1, 0.15) is 17.2 Å². The molecule has 1 saturated carbocycles. The van der Waals surface area contributed by atoms with Crippen molar-refractivity contribution in [2.24, 2.45) is 5.10 Å². The third kappa shape index (κ3) is 4.61. The number of halogens is 5. The second kappa shape index (κ2) is 9.57. The molecule has 0 bridgehead atoms. The summed E-state index contributed by atoms with van der Waals surface area (Å²) in [6.07, 6.45) is -1.63. The molecule has 0 saturated heterocycles. The maximum Gasteiger partial charge on any atom is 0.417 e. The number of ether oxygens (including phenoxy) is 1. The number of hydrogen-bond donors (Lipinski definition) is 1. The van der Waals surface area contributed by atoms with Crippen LogP contribution in [0.4, 0.5) is 22.0 Å². The van der Waals surface area contributed by atoms with Gasteiger partial charge >= 0.3 is 12.1 Å². The topological polar surface area (TPSA) is 96.6 Å². The number of alkyl halides is 3. The van der Waals surface area contributed by atoms with E-state index in [9.17, 15) is 26.7 Å². The van der Waals surface area contributed by atoms with E-state index in [4.69, 9.17) is 9.26 Å². The second-order valence-electron chi connectivity index (χ2n) is 9.51. The molecule has 0 radical (unpaired) electrons. The third-order valence-electron chi connectivity index (χ3n) is 6.86. The maximum atomic E-state index is 14.3. The number of carbonyl (C=O) groups is 1. The summed E-state index contributed by atoms with van der Waals surface area (Å²) in [5.74, 6) is -2.84. The lowest BCUT2D eigenvalue weighted by Gasteiger charge is -2.26. The molecular weight excluding hydrogens is 537 g/mol. The van der Waals surface area contributed by atoms with Gasteiger partial charge < -0.3 is 14.2 Å². The van der Waals surface area contributed by atoms with E-state index in [1.54, 1.807) is 6.07 Å². The fourth-order valence-electron chi connectivity index (χ4n) is 4.69. The number of H-pyrrole nitrogens is 1. The minimum atomic E-state index is -4.63. The number of nitrogens with one attached hydrogen (secondary N) is 1. The molecule has 4 aromatic rings. The molecule has 206 valence electrons. The molecule has 2 aromatic carbocycles. The Morgan fingerprint density at radius 3 is 2.67 bits per heavy atom. The average molecular weight is 557 g/mol. The van der Waals surface area contributed by atoms with Crippen LogP contribution in [0.3, 0.4) is 0 Å². The lowest BCUT2D eigenvalue weighted by molar-refractivity contribution is -0.148. The molecule has 0 spiro atoms. The molecule has 13 heteroatoms. The highest BCUT2D eigenvalue weighted by atomic mass is 19.4. The smallest absolute Gasteiger partial charge is 0.417 e. The molecule has 0 amide bonds. The van der Waals surface area contributed by atoms with Crippen LogP contribution < -0.4 is 0 Å². The molecule has 40 heavy (non-hydrogen) atoms. The van der Waals surface area contributed by atoms with Crippen molar-refractivity contribution in [2.75, 3.05) is 7.11 Å². The molecule has 2 aliphatic rings. The van der Waals surface area contributed by atoms with Gasteiger partial charge in [-0.05, 0) is 42.5 Å². The monoisotopic (exact) mass is 557 g/mol. The normalized spacial score (nSPS) is 15.7. The minimum Gasteiger partial charge on any atom is -0.467 e. The predicted octanol–water partition coefficient (Wildman–Crippen LogP) is 5.97. The van der Waals surface area contributed by atoms with E-state index in [-0.39, 0.29) is 40.9 Å². The highest BCUT2D eigenvalue weighted by Gasteiger charge is 2.38. The number of benzene rings is 2. The highest BCUT2D eigenvalue weighted by molar-refractivity contribution is 5.82. The van der Waals surface area contributed by atoms with Gasteiger partial charge in [-0.15, -0.1) is 0 Å². The Bertz CT molecular complexity index is 1640. The van der Waals surface area contributed by atoms with Gasteiger partial charge in [0.25, 0.3) is 0 Å². The lowest BCUT2D eigenvalue weighted by Crippen LogP contribution is -2.32. The van der Waals surface area contributed by atoms with E-state index in [1.807, 2.05) is 0 Å². The first-order valence-electron chi connectivity index (χ1n) is 12.2. The Morgan fingerprint density at radius 2 is 1.95 bits per heavy atom. The maximum absolute atomic E-state index is 14.3. The number of rotatable bonds is 6. The lowest BCUT2D eigenvalue weighted by atomic mass is 9.98. The van der Waals surface area contributed by atoms with Crippen LogP contribution in [0.5, 0.6) is 0 Å². The highest BCUT2D eigenvalue weighted by Crippen LogP contribution is 2.45. The number of esters is 1. The van der Waals surface area contributed by atoms with Crippen molar-refractivity contribution in [3.63, 3.8) is 0 Å². The Morgan fingerprint density at radius 1 is 1.15 bits per heavy atom. The molecule has 1 N–H and O–H groups in total. The van der Waals surface area contributed by atoms with Crippen LogP contribution in [0.25, 0.3) is 22.6 Å². The summed E-state index contributed by atoms with van der Waals surface area (Å²) in [4.78, 5) is 20.0. The van der Waals surface area contributed by atoms with E-state index in [0.29, 0.717) is 17.0 Å². The van der Waals surface area contributed by atoms with E-state index >= 15 is 0 Å². The number of aromatic nitrogens is 3. The molecule has 1 unspecified atom stereocenters. The third-order valence-corrected chi connectivity index (χ3v) is 6.86. The number of aromatic amines is 1. The summed E-state index contributed by atoms with van der Waals surface area (Å²) in [6.45, 7) is -0.0601. The summed E-state index contributed by atoms with van der Waals surface area (Å²) in [6, 6.07) is 7.74. The fourth-order valence-corrected chi connectivity index (χ4v) is 4.69. The number of nitrogens with zero attached hydrogens (tertiary/aromatic N) is 4. The number of fused-ring (bicyclic) bond motifs is 1. The zero-order valence-corrected chi connectivity index (χ0v) is 20.8. The molecular formula is C27H20F5N5O3. The second-order valence-corrected chi connectivity index (χ2v) is 9.51. The van der Waals surface area contributed by atoms with Crippen molar-refractivity contribution in [3.8, 4) is 22.6 Å². The predicted molar refractivity (Wildman–Crippen MR) is 131 cm³/mol. The molecule has 1 aliphatic heterocycles. The standard InChI is InChI=1S/C27H20F5N5O3/c1-39-26(38)24(37-12-21-20(11-33-37)34-25(35-21)16-3-2-4-18(28)23(16)29)22-10-19(36-40-22)15-8-7-14(13-5-6-13)9-17(15)27(30,31)32/h2-4,7-11,13,24H,5-6,12H2,1H3,(H,34,35). The quantitative estimate of drug-likeness (QED) is 0.232.